The fourth-order valence-corrected chi connectivity index (χ4v) is 5.16. The zero-order chi connectivity index (χ0) is 24.9. The van der Waals surface area contributed by atoms with Gasteiger partial charge in [-0.15, -0.1) is 0 Å². The molecule has 1 aliphatic rings. The number of para-hydroxylation sites is 1. The van der Waals surface area contributed by atoms with Crippen molar-refractivity contribution in [1.29, 1.82) is 0 Å². The lowest BCUT2D eigenvalue weighted by Crippen LogP contribution is -2.38. The minimum absolute atomic E-state index is 0.0453. The van der Waals surface area contributed by atoms with Crippen LogP contribution in [0, 0.1) is 5.82 Å². The smallest absolute Gasteiger partial charge is 0.321 e. The van der Waals surface area contributed by atoms with Crippen LogP contribution >= 0.6 is 11.5 Å². The van der Waals surface area contributed by atoms with E-state index in [1.54, 1.807) is 12.1 Å². The topological polar surface area (TPSA) is 61.4 Å². The lowest BCUT2D eigenvalue weighted by atomic mass is 9.93. The minimum Gasteiger partial charge on any atom is -0.345 e. The molecule has 0 unspecified atom stereocenters. The van der Waals surface area contributed by atoms with Crippen molar-refractivity contribution in [3.63, 3.8) is 0 Å². The van der Waals surface area contributed by atoms with E-state index in [2.05, 4.69) is 60.5 Å². The fraction of sp³-hybridized carbons (Fsp3) is 0.444. The zero-order valence-electron chi connectivity index (χ0n) is 20.9. The normalized spacial score (nSPS) is 14.5. The highest BCUT2D eigenvalue weighted by atomic mass is 32.1. The molecule has 1 saturated heterocycles. The molecule has 35 heavy (non-hydrogen) atoms. The molecule has 4 rings (SSSR count). The van der Waals surface area contributed by atoms with Crippen LogP contribution in [0.15, 0.2) is 42.5 Å². The van der Waals surface area contributed by atoms with Crippen molar-refractivity contribution in [2.45, 2.75) is 52.4 Å². The lowest BCUT2D eigenvalue weighted by molar-refractivity contribution is 0.215. The second-order valence-corrected chi connectivity index (χ2v) is 10.4. The van der Waals surface area contributed by atoms with E-state index in [-0.39, 0.29) is 11.8 Å². The summed E-state index contributed by atoms with van der Waals surface area (Å²) in [6, 6.07) is 12.7. The molecule has 8 heteroatoms. The summed E-state index contributed by atoms with van der Waals surface area (Å²) in [5.74, 6) is 1.14. The van der Waals surface area contributed by atoms with Gasteiger partial charge in [0, 0.05) is 49.8 Å². The van der Waals surface area contributed by atoms with Gasteiger partial charge in [-0.25, -0.2) is 14.2 Å². The van der Waals surface area contributed by atoms with Gasteiger partial charge in [-0.3, -0.25) is 0 Å². The predicted octanol–water partition coefficient (Wildman–Crippen LogP) is 6.26. The highest BCUT2D eigenvalue weighted by Gasteiger charge is 2.23. The second kappa shape index (κ2) is 11.2. The van der Waals surface area contributed by atoms with Gasteiger partial charge in [0.25, 0.3) is 0 Å². The van der Waals surface area contributed by atoms with Crippen LogP contribution in [0.4, 0.5) is 20.0 Å². The number of amides is 2. The van der Waals surface area contributed by atoms with Crippen LogP contribution in [-0.4, -0.2) is 46.5 Å². The van der Waals surface area contributed by atoms with Crippen molar-refractivity contribution in [3.8, 4) is 0 Å². The maximum absolute atomic E-state index is 13.3. The van der Waals surface area contributed by atoms with Crippen LogP contribution in [-0.2, 0) is 6.42 Å². The Morgan fingerprint density at radius 2 is 1.69 bits per heavy atom. The van der Waals surface area contributed by atoms with E-state index in [0.29, 0.717) is 37.9 Å². The highest BCUT2D eigenvalue weighted by molar-refractivity contribution is 7.09. The average molecular weight is 496 g/mol. The third-order valence-electron chi connectivity index (χ3n) is 6.39. The van der Waals surface area contributed by atoms with E-state index in [1.807, 2.05) is 4.90 Å². The standard InChI is InChI=1S/C27H34FN5OS/c1-18(2)22-7-5-8-23(19(3)4)25(22)30-26(34)32-13-6-14-33(16-15-32)27-29-24(31-35-27)17-20-9-11-21(28)12-10-20/h5,7-12,18-19H,6,13-17H2,1-4H3,(H,30,34). The monoisotopic (exact) mass is 495 g/mol. The zero-order valence-corrected chi connectivity index (χ0v) is 21.7. The molecule has 2 amide bonds. The number of halogens is 1. The molecule has 1 N–H and O–H groups in total. The quantitative estimate of drug-likeness (QED) is 0.439. The summed E-state index contributed by atoms with van der Waals surface area (Å²) in [6.07, 6.45) is 1.44. The first kappa shape index (κ1) is 25.1. The number of aromatic nitrogens is 2. The summed E-state index contributed by atoms with van der Waals surface area (Å²) in [5.41, 5.74) is 4.28. The molecule has 3 aromatic rings. The van der Waals surface area contributed by atoms with Crippen LogP contribution in [0.3, 0.4) is 0 Å². The number of hydrogen-bond acceptors (Lipinski definition) is 5. The largest absolute Gasteiger partial charge is 0.345 e. The van der Waals surface area contributed by atoms with E-state index in [9.17, 15) is 9.18 Å². The molecule has 1 aliphatic heterocycles. The van der Waals surface area contributed by atoms with Gasteiger partial charge in [0.1, 0.15) is 11.6 Å². The van der Waals surface area contributed by atoms with Crippen molar-refractivity contribution < 1.29 is 9.18 Å². The molecule has 1 aromatic heterocycles. The first-order valence-electron chi connectivity index (χ1n) is 12.3. The van der Waals surface area contributed by atoms with Crippen LogP contribution in [0.25, 0.3) is 0 Å². The van der Waals surface area contributed by atoms with Gasteiger partial charge in [0.2, 0.25) is 5.13 Å². The molecule has 186 valence electrons. The van der Waals surface area contributed by atoms with E-state index in [4.69, 9.17) is 4.98 Å². The minimum atomic E-state index is -0.244. The van der Waals surface area contributed by atoms with Crippen molar-refractivity contribution >= 4 is 28.4 Å². The number of rotatable bonds is 6. The molecule has 2 heterocycles. The summed E-state index contributed by atoms with van der Waals surface area (Å²) in [6.45, 7) is 11.5. The van der Waals surface area contributed by atoms with E-state index in [0.717, 1.165) is 35.2 Å². The van der Waals surface area contributed by atoms with Gasteiger partial charge in [-0.2, -0.15) is 4.37 Å². The number of nitrogens with one attached hydrogen (secondary N) is 1. The van der Waals surface area contributed by atoms with Gasteiger partial charge in [-0.1, -0.05) is 58.0 Å². The molecular weight excluding hydrogens is 461 g/mol. The maximum atomic E-state index is 13.3. The summed E-state index contributed by atoms with van der Waals surface area (Å²) in [5, 5.41) is 4.12. The van der Waals surface area contributed by atoms with E-state index < -0.39 is 0 Å². The predicted molar refractivity (Wildman–Crippen MR) is 141 cm³/mol. The summed E-state index contributed by atoms with van der Waals surface area (Å²) in [7, 11) is 0. The van der Waals surface area contributed by atoms with Gasteiger partial charge < -0.3 is 15.1 Å². The van der Waals surface area contributed by atoms with Crippen LogP contribution < -0.4 is 10.2 Å². The van der Waals surface area contributed by atoms with Gasteiger partial charge in [0.15, 0.2) is 0 Å². The van der Waals surface area contributed by atoms with Gasteiger partial charge in [-0.05, 0) is 47.1 Å². The molecule has 2 aromatic carbocycles. The first-order valence-corrected chi connectivity index (χ1v) is 13.1. The lowest BCUT2D eigenvalue weighted by Gasteiger charge is -2.25. The number of carbonyl (C=O) groups is 1. The number of anilines is 2. The first-order chi connectivity index (χ1) is 16.8. The van der Waals surface area contributed by atoms with Crippen LogP contribution in [0.5, 0.6) is 0 Å². The van der Waals surface area contributed by atoms with E-state index >= 15 is 0 Å². The van der Waals surface area contributed by atoms with E-state index in [1.165, 1.54) is 34.8 Å². The molecule has 0 saturated carbocycles. The molecule has 6 nitrogen and oxygen atoms in total. The summed E-state index contributed by atoms with van der Waals surface area (Å²) < 4.78 is 17.7. The Morgan fingerprint density at radius 3 is 2.34 bits per heavy atom. The summed E-state index contributed by atoms with van der Waals surface area (Å²) >= 11 is 1.38. The fourth-order valence-electron chi connectivity index (χ4n) is 4.42. The SMILES string of the molecule is CC(C)c1cccc(C(C)C)c1NC(=O)N1CCCN(c2nc(Cc3ccc(F)cc3)ns2)CC1. The van der Waals surface area contributed by atoms with Gasteiger partial charge >= 0.3 is 6.03 Å². The molecule has 0 spiro atoms. The molecule has 0 bridgehead atoms. The van der Waals surface area contributed by atoms with Crippen LogP contribution in [0.2, 0.25) is 0 Å². The molecule has 0 atom stereocenters. The summed E-state index contributed by atoms with van der Waals surface area (Å²) in [4.78, 5) is 22.1. The maximum Gasteiger partial charge on any atom is 0.321 e. The Labute approximate surface area is 211 Å². The number of hydrogen-bond donors (Lipinski definition) is 1. The Balaban J connectivity index is 1.40. The van der Waals surface area contributed by atoms with Crippen molar-refractivity contribution in [1.82, 2.24) is 14.3 Å². The number of benzene rings is 2. The Kier molecular flexibility index (Phi) is 8.00. The van der Waals surface area contributed by atoms with Crippen molar-refractivity contribution in [2.24, 2.45) is 0 Å². The van der Waals surface area contributed by atoms with Crippen molar-refractivity contribution in [2.75, 3.05) is 36.4 Å². The third-order valence-corrected chi connectivity index (χ3v) is 7.21. The van der Waals surface area contributed by atoms with Gasteiger partial charge in [0.05, 0.1) is 0 Å². The number of urea groups is 1. The average Bonchev–Trinajstić information content (AvgIpc) is 3.14. The second-order valence-electron chi connectivity index (χ2n) is 9.68. The molecule has 1 fully saturated rings. The Hall–Kier alpha value is -3.00. The molecule has 0 radical (unpaired) electrons. The highest BCUT2D eigenvalue weighted by Crippen LogP contribution is 2.32. The molecule has 0 aliphatic carbocycles. The Bertz CT molecular complexity index is 1120. The molecular formula is C27H34FN5OS. The number of nitrogens with zero attached hydrogens (tertiary/aromatic N) is 4. The Morgan fingerprint density at radius 1 is 1.00 bits per heavy atom. The van der Waals surface area contributed by atoms with Crippen molar-refractivity contribution in [3.05, 3.63) is 70.8 Å². The number of carbonyl (C=O) groups excluding carboxylic acids is 1. The third kappa shape index (κ3) is 6.17. The van der Waals surface area contributed by atoms with Crippen LogP contribution in [0.1, 0.15) is 68.5 Å².